The number of hydrogen-bond donors (Lipinski definition) is 1. The molecule has 3 rings (SSSR count). The zero-order valence-electron chi connectivity index (χ0n) is 15.5. The molecule has 0 aromatic heterocycles. The summed E-state index contributed by atoms with van der Waals surface area (Å²) in [6.07, 6.45) is 1.29. The Bertz CT molecular complexity index is 1080. The Kier molecular flexibility index (Phi) is 5.46. The predicted molar refractivity (Wildman–Crippen MR) is 106 cm³/mol. The molecule has 1 N–H and O–H groups in total. The fourth-order valence-corrected chi connectivity index (χ4v) is 4.81. The summed E-state index contributed by atoms with van der Waals surface area (Å²) in [5, 5.41) is 0. The minimum atomic E-state index is -3.85. The summed E-state index contributed by atoms with van der Waals surface area (Å²) in [5.41, 5.74) is 0.913. The molecule has 1 heterocycles. The maximum atomic E-state index is 12.6. The molecule has 1 saturated heterocycles. The average molecular weight is 424 g/mol. The lowest BCUT2D eigenvalue weighted by molar-refractivity contribution is -0.117. The Morgan fingerprint density at radius 2 is 1.46 bits per heavy atom. The lowest BCUT2D eigenvalue weighted by atomic mass is 10.3. The second-order valence-electron chi connectivity index (χ2n) is 6.56. The first-order valence-electron chi connectivity index (χ1n) is 8.57. The topological polar surface area (TPSA) is 104 Å². The molecular formula is C18H21N3O5S2. The van der Waals surface area contributed by atoms with Crippen molar-refractivity contribution in [3.05, 3.63) is 48.5 Å². The van der Waals surface area contributed by atoms with Crippen molar-refractivity contribution in [2.75, 3.05) is 30.3 Å². The largest absolute Gasteiger partial charge is 0.312 e. The molecule has 1 aliphatic rings. The van der Waals surface area contributed by atoms with Gasteiger partial charge in [-0.05, 0) is 55.0 Å². The van der Waals surface area contributed by atoms with Crippen LogP contribution >= 0.6 is 0 Å². The molecule has 2 aromatic carbocycles. The number of benzene rings is 2. The highest BCUT2D eigenvalue weighted by Gasteiger charge is 2.23. The molecule has 0 atom stereocenters. The van der Waals surface area contributed by atoms with Crippen LogP contribution in [-0.2, 0) is 24.8 Å². The Morgan fingerprint density at radius 3 is 1.96 bits per heavy atom. The number of nitrogens with one attached hydrogen (secondary N) is 1. The summed E-state index contributed by atoms with van der Waals surface area (Å²) < 4.78 is 52.8. The first-order chi connectivity index (χ1) is 13.1. The van der Waals surface area contributed by atoms with Crippen molar-refractivity contribution in [1.29, 1.82) is 0 Å². The Morgan fingerprint density at radius 1 is 0.893 bits per heavy atom. The van der Waals surface area contributed by atoms with Gasteiger partial charge in [0.25, 0.3) is 10.0 Å². The van der Waals surface area contributed by atoms with E-state index in [-0.39, 0.29) is 21.4 Å². The minimum absolute atomic E-state index is 0.0292. The standard InChI is InChI=1S/C18H21N3O5S2/c1-20(2)28(25,26)17-9-5-14(6-10-17)19-27(23,24)16-11-7-15(8-12-16)21-13-3-4-18(21)22/h5-12,19H,3-4,13H2,1-2H3. The third-order valence-corrected chi connectivity index (χ3v) is 7.64. The van der Waals surface area contributed by atoms with Crippen molar-refractivity contribution in [1.82, 2.24) is 4.31 Å². The Balaban J connectivity index is 1.77. The monoisotopic (exact) mass is 423 g/mol. The van der Waals surface area contributed by atoms with Gasteiger partial charge in [0.1, 0.15) is 0 Å². The number of sulfonamides is 2. The van der Waals surface area contributed by atoms with Crippen LogP contribution < -0.4 is 9.62 Å². The number of anilines is 2. The van der Waals surface area contributed by atoms with E-state index in [1.54, 1.807) is 17.0 Å². The molecule has 8 nitrogen and oxygen atoms in total. The smallest absolute Gasteiger partial charge is 0.261 e. The van der Waals surface area contributed by atoms with E-state index >= 15 is 0 Å². The van der Waals surface area contributed by atoms with Gasteiger partial charge in [0.2, 0.25) is 15.9 Å². The van der Waals surface area contributed by atoms with E-state index in [4.69, 9.17) is 0 Å². The summed E-state index contributed by atoms with van der Waals surface area (Å²) in [6.45, 7) is 0.630. The first kappa shape index (κ1) is 20.3. The van der Waals surface area contributed by atoms with Gasteiger partial charge >= 0.3 is 0 Å². The summed E-state index contributed by atoms with van der Waals surface area (Å²) >= 11 is 0. The third-order valence-electron chi connectivity index (χ3n) is 4.42. The number of amides is 1. The maximum Gasteiger partial charge on any atom is 0.261 e. The van der Waals surface area contributed by atoms with Gasteiger partial charge in [-0.1, -0.05) is 0 Å². The Hall–Kier alpha value is -2.43. The molecule has 0 bridgehead atoms. The average Bonchev–Trinajstić information content (AvgIpc) is 3.08. The summed E-state index contributed by atoms with van der Waals surface area (Å²) in [4.78, 5) is 13.5. The number of nitrogens with zero attached hydrogens (tertiary/aromatic N) is 2. The lowest BCUT2D eigenvalue weighted by Crippen LogP contribution is -2.23. The van der Waals surface area contributed by atoms with Crippen molar-refractivity contribution < 1.29 is 21.6 Å². The summed E-state index contributed by atoms with van der Waals surface area (Å²) in [6, 6.07) is 11.6. The van der Waals surface area contributed by atoms with Gasteiger partial charge < -0.3 is 4.90 Å². The molecule has 0 unspecified atom stereocenters. The minimum Gasteiger partial charge on any atom is -0.312 e. The van der Waals surface area contributed by atoms with E-state index in [9.17, 15) is 21.6 Å². The van der Waals surface area contributed by atoms with E-state index in [2.05, 4.69) is 4.72 Å². The van der Waals surface area contributed by atoms with Gasteiger partial charge in [0.05, 0.1) is 9.79 Å². The molecule has 1 amide bonds. The van der Waals surface area contributed by atoms with Crippen molar-refractivity contribution in [2.24, 2.45) is 0 Å². The van der Waals surface area contributed by atoms with Crippen LogP contribution in [0.5, 0.6) is 0 Å². The van der Waals surface area contributed by atoms with Crippen LogP contribution in [0, 0.1) is 0 Å². The maximum absolute atomic E-state index is 12.6. The van der Waals surface area contributed by atoms with Gasteiger partial charge in [-0.15, -0.1) is 0 Å². The van der Waals surface area contributed by atoms with E-state index in [0.717, 1.165) is 10.7 Å². The molecule has 1 fully saturated rings. The van der Waals surface area contributed by atoms with Crippen LogP contribution in [0.2, 0.25) is 0 Å². The van der Waals surface area contributed by atoms with E-state index in [1.165, 1.54) is 50.5 Å². The number of carbonyl (C=O) groups excluding carboxylic acids is 1. The quantitative estimate of drug-likeness (QED) is 0.764. The molecule has 10 heteroatoms. The molecule has 150 valence electrons. The SMILES string of the molecule is CN(C)S(=O)(=O)c1ccc(NS(=O)(=O)c2ccc(N3CCCC3=O)cc2)cc1. The number of carbonyl (C=O) groups is 1. The van der Waals surface area contributed by atoms with Crippen LogP contribution in [0.4, 0.5) is 11.4 Å². The second-order valence-corrected chi connectivity index (χ2v) is 10.4. The Labute approximate surface area is 164 Å². The van der Waals surface area contributed by atoms with Gasteiger partial charge in [-0.25, -0.2) is 21.1 Å². The molecule has 0 saturated carbocycles. The zero-order valence-corrected chi connectivity index (χ0v) is 17.1. The van der Waals surface area contributed by atoms with Crippen molar-refractivity contribution >= 4 is 37.3 Å². The predicted octanol–water partition coefficient (Wildman–Crippen LogP) is 1.86. The zero-order chi connectivity index (χ0) is 20.5. The van der Waals surface area contributed by atoms with Gasteiger partial charge in [0.15, 0.2) is 0 Å². The molecule has 28 heavy (non-hydrogen) atoms. The van der Waals surface area contributed by atoms with Crippen molar-refractivity contribution in [3.63, 3.8) is 0 Å². The van der Waals surface area contributed by atoms with Crippen LogP contribution in [-0.4, -0.2) is 47.7 Å². The normalized spacial score (nSPS) is 15.2. The van der Waals surface area contributed by atoms with Crippen molar-refractivity contribution in [2.45, 2.75) is 22.6 Å². The second kappa shape index (κ2) is 7.53. The fraction of sp³-hybridized carbons (Fsp3) is 0.278. The van der Waals surface area contributed by atoms with Crippen molar-refractivity contribution in [3.8, 4) is 0 Å². The molecule has 2 aromatic rings. The summed E-state index contributed by atoms with van der Waals surface area (Å²) in [7, 11) is -4.58. The summed E-state index contributed by atoms with van der Waals surface area (Å²) in [5.74, 6) is 0.0292. The number of hydrogen-bond acceptors (Lipinski definition) is 5. The molecule has 1 aliphatic heterocycles. The van der Waals surface area contributed by atoms with Crippen LogP contribution in [0.1, 0.15) is 12.8 Å². The molecular weight excluding hydrogens is 402 g/mol. The molecule has 0 radical (unpaired) electrons. The highest BCUT2D eigenvalue weighted by atomic mass is 32.2. The van der Waals surface area contributed by atoms with E-state index < -0.39 is 20.0 Å². The highest BCUT2D eigenvalue weighted by Crippen LogP contribution is 2.24. The number of rotatable bonds is 6. The van der Waals surface area contributed by atoms with Gasteiger partial charge in [0, 0.05) is 38.4 Å². The van der Waals surface area contributed by atoms with Crippen LogP contribution in [0.25, 0.3) is 0 Å². The first-order valence-corrected chi connectivity index (χ1v) is 11.5. The fourth-order valence-electron chi connectivity index (χ4n) is 2.85. The van der Waals surface area contributed by atoms with Crippen LogP contribution in [0.15, 0.2) is 58.3 Å². The van der Waals surface area contributed by atoms with Gasteiger partial charge in [-0.2, -0.15) is 0 Å². The lowest BCUT2D eigenvalue weighted by Gasteiger charge is -2.16. The van der Waals surface area contributed by atoms with E-state index in [0.29, 0.717) is 18.7 Å². The third kappa shape index (κ3) is 4.03. The molecule has 0 aliphatic carbocycles. The van der Waals surface area contributed by atoms with Gasteiger partial charge in [-0.3, -0.25) is 9.52 Å². The molecule has 0 spiro atoms. The highest BCUT2D eigenvalue weighted by molar-refractivity contribution is 7.92. The van der Waals surface area contributed by atoms with Crippen LogP contribution in [0.3, 0.4) is 0 Å². The van der Waals surface area contributed by atoms with E-state index in [1.807, 2.05) is 0 Å².